The highest BCUT2D eigenvalue weighted by atomic mass is 32.2. The van der Waals surface area contributed by atoms with Crippen molar-refractivity contribution in [1.29, 1.82) is 5.26 Å². The van der Waals surface area contributed by atoms with E-state index in [4.69, 9.17) is 11.0 Å². The SMILES string of the molecule is CCSC1CCCC1Nc1ccc(N)c(C#N)c1. The van der Waals surface area contributed by atoms with Gasteiger partial charge in [0.15, 0.2) is 0 Å². The zero-order valence-electron chi connectivity index (χ0n) is 10.6. The summed E-state index contributed by atoms with van der Waals surface area (Å²) in [7, 11) is 0. The second-order valence-electron chi connectivity index (χ2n) is 4.59. The van der Waals surface area contributed by atoms with Crippen molar-refractivity contribution in [2.45, 2.75) is 37.5 Å². The Bertz CT molecular complexity index is 453. The molecule has 0 spiro atoms. The summed E-state index contributed by atoms with van der Waals surface area (Å²) >= 11 is 2.03. The Morgan fingerprint density at radius 1 is 1.50 bits per heavy atom. The highest BCUT2D eigenvalue weighted by Gasteiger charge is 2.26. The molecule has 1 aliphatic rings. The molecule has 3 N–H and O–H groups in total. The van der Waals surface area contributed by atoms with Crippen LogP contribution in [0.1, 0.15) is 31.7 Å². The van der Waals surface area contributed by atoms with E-state index in [-0.39, 0.29) is 0 Å². The molecule has 0 heterocycles. The number of nitrogens with zero attached hydrogens (tertiary/aromatic N) is 1. The van der Waals surface area contributed by atoms with Gasteiger partial charge in [-0.05, 0) is 36.8 Å². The predicted octanol–water partition coefficient (Wildman–Crippen LogP) is 3.23. The molecule has 96 valence electrons. The van der Waals surface area contributed by atoms with E-state index >= 15 is 0 Å². The van der Waals surface area contributed by atoms with Gasteiger partial charge in [0.1, 0.15) is 6.07 Å². The van der Waals surface area contributed by atoms with Gasteiger partial charge in [-0.15, -0.1) is 0 Å². The standard InChI is InChI=1S/C14H19N3S/c1-2-18-14-5-3-4-13(14)17-11-6-7-12(16)10(8-11)9-15/h6-8,13-14,17H,2-5,16H2,1H3. The maximum atomic E-state index is 8.98. The average molecular weight is 261 g/mol. The first-order valence-electron chi connectivity index (χ1n) is 6.42. The Morgan fingerprint density at radius 2 is 2.33 bits per heavy atom. The van der Waals surface area contributed by atoms with Crippen LogP contribution in [0.25, 0.3) is 0 Å². The summed E-state index contributed by atoms with van der Waals surface area (Å²) in [6.07, 6.45) is 3.79. The minimum Gasteiger partial charge on any atom is -0.398 e. The van der Waals surface area contributed by atoms with Crippen LogP contribution in [0.15, 0.2) is 18.2 Å². The average Bonchev–Trinajstić information content (AvgIpc) is 2.80. The number of nitrogens with one attached hydrogen (secondary N) is 1. The summed E-state index contributed by atoms with van der Waals surface area (Å²) in [5, 5.41) is 13.2. The molecule has 2 rings (SSSR count). The molecule has 18 heavy (non-hydrogen) atoms. The van der Waals surface area contributed by atoms with Gasteiger partial charge in [-0.2, -0.15) is 17.0 Å². The van der Waals surface area contributed by atoms with E-state index in [0.717, 1.165) is 11.4 Å². The molecule has 0 radical (unpaired) electrons. The van der Waals surface area contributed by atoms with Gasteiger partial charge in [-0.25, -0.2) is 0 Å². The van der Waals surface area contributed by atoms with Gasteiger partial charge >= 0.3 is 0 Å². The molecule has 0 bridgehead atoms. The molecule has 1 fully saturated rings. The van der Waals surface area contributed by atoms with E-state index in [1.54, 1.807) is 6.07 Å². The van der Waals surface area contributed by atoms with Crippen molar-refractivity contribution < 1.29 is 0 Å². The third-order valence-electron chi connectivity index (χ3n) is 3.36. The smallest absolute Gasteiger partial charge is 0.101 e. The van der Waals surface area contributed by atoms with Crippen molar-refractivity contribution in [2.24, 2.45) is 0 Å². The van der Waals surface area contributed by atoms with E-state index < -0.39 is 0 Å². The number of nitrogen functional groups attached to an aromatic ring is 1. The second kappa shape index (κ2) is 6.01. The van der Waals surface area contributed by atoms with E-state index in [0.29, 0.717) is 22.5 Å². The van der Waals surface area contributed by atoms with E-state index in [1.165, 1.54) is 19.3 Å². The van der Waals surface area contributed by atoms with Crippen molar-refractivity contribution in [3.63, 3.8) is 0 Å². The maximum absolute atomic E-state index is 8.98. The lowest BCUT2D eigenvalue weighted by atomic mass is 10.1. The normalized spacial score (nSPS) is 22.7. The predicted molar refractivity (Wildman–Crippen MR) is 78.8 cm³/mol. The first-order valence-corrected chi connectivity index (χ1v) is 7.47. The number of benzene rings is 1. The summed E-state index contributed by atoms with van der Waals surface area (Å²) in [6, 6.07) is 8.26. The van der Waals surface area contributed by atoms with Crippen molar-refractivity contribution in [3.05, 3.63) is 23.8 Å². The van der Waals surface area contributed by atoms with Crippen LogP contribution < -0.4 is 11.1 Å². The lowest BCUT2D eigenvalue weighted by Gasteiger charge is -2.21. The molecule has 1 aromatic carbocycles. The van der Waals surface area contributed by atoms with Gasteiger partial charge < -0.3 is 11.1 Å². The molecular weight excluding hydrogens is 242 g/mol. The van der Waals surface area contributed by atoms with Gasteiger partial charge in [0, 0.05) is 22.7 Å². The minimum absolute atomic E-state index is 0.519. The van der Waals surface area contributed by atoms with Crippen LogP contribution in [-0.4, -0.2) is 17.0 Å². The zero-order chi connectivity index (χ0) is 13.0. The molecule has 0 aromatic heterocycles. The second-order valence-corrected chi connectivity index (χ2v) is 6.11. The topological polar surface area (TPSA) is 61.8 Å². The van der Waals surface area contributed by atoms with Crippen LogP contribution >= 0.6 is 11.8 Å². The van der Waals surface area contributed by atoms with E-state index in [1.807, 2.05) is 23.9 Å². The maximum Gasteiger partial charge on any atom is 0.101 e. The van der Waals surface area contributed by atoms with Crippen LogP contribution in [0.5, 0.6) is 0 Å². The summed E-state index contributed by atoms with van der Waals surface area (Å²) < 4.78 is 0. The van der Waals surface area contributed by atoms with Crippen molar-refractivity contribution in [3.8, 4) is 6.07 Å². The Kier molecular flexibility index (Phi) is 4.38. The molecule has 0 amide bonds. The van der Waals surface area contributed by atoms with Crippen molar-refractivity contribution in [1.82, 2.24) is 0 Å². The fraction of sp³-hybridized carbons (Fsp3) is 0.500. The van der Waals surface area contributed by atoms with Gasteiger partial charge in [0.2, 0.25) is 0 Å². The minimum atomic E-state index is 0.519. The number of thioether (sulfide) groups is 1. The molecule has 1 aliphatic carbocycles. The van der Waals surface area contributed by atoms with Crippen LogP contribution in [0.3, 0.4) is 0 Å². The molecular formula is C14H19N3S. The molecule has 3 nitrogen and oxygen atoms in total. The number of anilines is 2. The molecule has 0 saturated heterocycles. The van der Waals surface area contributed by atoms with Gasteiger partial charge in [0.05, 0.1) is 5.56 Å². The number of nitrogens with two attached hydrogens (primary N) is 1. The number of hydrogen-bond donors (Lipinski definition) is 2. The lowest BCUT2D eigenvalue weighted by molar-refractivity contribution is 0.768. The van der Waals surface area contributed by atoms with Crippen LogP contribution in [0, 0.1) is 11.3 Å². The molecule has 1 saturated carbocycles. The van der Waals surface area contributed by atoms with Gasteiger partial charge in [0.25, 0.3) is 0 Å². The van der Waals surface area contributed by atoms with Crippen molar-refractivity contribution in [2.75, 3.05) is 16.8 Å². The molecule has 1 aromatic rings. The summed E-state index contributed by atoms with van der Waals surface area (Å²) in [4.78, 5) is 0. The van der Waals surface area contributed by atoms with Crippen LogP contribution in [0.4, 0.5) is 11.4 Å². The Hall–Kier alpha value is -1.34. The monoisotopic (exact) mass is 261 g/mol. The first-order chi connectivity index (χ1) is 8.74. The fourth-order valence-corrected chi connectivity index (χ4v) is 3.66. The lowest BCUT2D eigenvalue weighted by Crippen LogP contribution is -2.26. The largest absolute Gasteiger partial charge is 0.398 e. The van der Waals surface area contributed by atoms with Gasteiger partial charge in [-0.1, -0.05) is 13.3 Å². The fourth-order valence-electron chi connectivity index (χ4n) is 2.46. The number of hydrogen-bond acceptors (Lipinski definition) is 4. The Labute approximate surface area is 113 Å². The summed E-state index contributed by atoms with van der Waals surface area (Å²) in [5.41, 5.74) is 7.84. The Balaban J connectivity index is 2.07. The third kappa shape index (κ3) is 2.91. The number of rotatable bonds is 4. The first kappa shape index (κ1) is 13.1. The Morgan fingerprint density at radius 3 is 3.06 bits per heavy atom. The molecule has 2 unspecified atom stereocenters. The van der Waals surface area contributed by atoms with E-state index in [9.17, 15) is 0 Å². The summed E-state index contributed by atoms with van der Waals surface area (Å²) in [5.74, 6) is 1.16. The molecule has 0 aliphatic heterocycles. The molecule has 4 heteroatoms. The van der Waals surface area contributed by atoms with Crippen LogP contribution in [0.2, 0.25) is 0 Å². The quantitative estimate of drug-likeness (QED) is 0.817. The van der Waals surface area contributed by atoms with Gasteiger partial charge in [-0.3, -0.25) is 0 Å². The summed E-state index contributed by atoms with van der Waals surface area (Å²) in [6.45, 7) is 2.21. The zero-order valence-corrected chi connectivity index (χ0v) is 11.5. The molecule has 2 atom stereocenters. The highest BCUT2D eigenvalue weighted by molar-refractivity contribution is 7.99. The number of nitriles is 1. The highest BCUT2D eigenvalue weighted by Crippen LogP contribution is 2.32. The third-order valence-corrected chi connectivity index (χ3v) is 4.68. The van der Waals surface area contributed by atoms with Crippen molar-refractivity contribution >= 4 is 23.1 Å². The van der Waals surface area contributed by atoms with E-state index in [2.05, 4.69) is 18.3 Å². The van der Waals surface area contributed by atoms with Crippen LogP contribution in [-0.2, 0) is 0 Å².